The normalized spacial score (nSPS) is 26.1. The van der Waals surface area contributed by atoms with Crippen molar-refractivity contribution in [3.8, 4) is 0 Å². The number of fused-ring (bicyclic) bond motifs is 1. The smallest absolute Gasteiger partial charge is 0.0510 e. The molecule has 3 nitrogen and oxygen atoms in total. The summed E-state index contributed by atoms with van der Waals surface area (Å²) in [7, 11) is 0. The predicted molar refractivity (Wildman–Crippen MR) is 67.5 cm³/mol. The Morgan fingerprint density at radius 3 is 2.53 bits per heavy atom. The number of benzene rings is 1. The fraction of sp³-hybridized carbons (Fsp3) is 0.571. The first kappa shape index (κ1) is 11.2. The van der Waals surface area contributed by atoms with Crippen molar-refractivity contribution in [1.82, 2.24) is 4.90 Å². The van der Waals surface area contributed by atoms with Gasteiger partial charge in [-0.05, 0) is 17.5 Å². The molecule has 0 radical (unpaired) electrons. The Morgan fingerprint density at radius 1 is 1.29 bits per heavy atom. The third kappa shape index (κ3) is 2.10. The predicted octanol–water partition coefficient (Wildman–Crippen LogP) is 1.37. The van der Waals surface area contributed by atoms with Gasteiger partial charge in [0, 0.05) is 38.2 Å². The molecule has 2 heterocycles. The van der Waals surface area contributed by atoms with Gasteiger partial charge in [-0.2, -0.15) is 0 Å². The summed E-state index contributed by atoms with van der Waals surface area (Å²) in [5.41, 5.74) is 8.90. The van der Waals surface area contributed by atoms with E-state index in [4.69, 9.17) is 10.5 Å². The minimum atomic E-state index is 0.477. The standard InChI is InChI=1S/C14H20N2O/c15-7-14(13-5-6-17-10-13)16-8-11-3-1-2-4-12(11)9-16/h1-4,13-14H,5-10,15H2. The first-order chi connectivity index (χ1) is 8.38. The molecule has 92 valence electrons. The van der Waals surface area contributed by atoms with Crippen LogP contribution in [-0.4, -0.2) is 30.7 Å². The molecule has 1 fully saturated rings. The number of hydrogen-bond acceptors (Lipinski definition) is 3. The zero-order valence-corrected chi connectivity index (χ0v) is 10.1. The quantitative estimate of drug-likeness (QED) is 0.855. The van der Waals surface area contributed by atoms with Gasteiger partial charge >= 0.3 is 0 Å². The first-order valence-corrected chi connectivity index (χ1v) is 6.47. The Bertz CT molecular complexity index is 363. The Balaban J connectivity index is 1.73. The largest absolute Gasteiger partial charge is 0.381 e. The Morgan fingerprint density at radius 2 is 2.00 bits per heavy atom. The van der Waals surface area contributed by atoms with E-state index in [1.165, 1.54) is 11.1 Å². The third-order valence-electron chi connectivity index (χ3n) is 4.08. The highest BCUT2D eigenvalue weighted by molar-refractivity contribution is 5.30. The van der Waals surface area contributed by atoms with Crippen molar-refractivity contribution >= 4 is 0 Å². The molecule has 0 aliphatic carbocycles. The summed E-state index contributed by atoms with van der Waals surface area (Å²) in [6.07, 6.45) is 1.16. The van der Waals surface area contributed by atoms with Gasteiger partial charge in [0.15, 0.2) is 0 Å². The minimum Gasteiger partial charge on any atom is -0.381 e. The van der Waals surface area contributed by atoms with Crippen LogP contribution in [0.2, 0.25) is 0 Å². The maximum Gasteiger partial charge on any atom is 0.0510 e. The van der Waals surface area contributed by atoms with Crippen LogP contribution in [0.4, 0.5) is 0 Å². The van der Waals surface area contributed by atoms with Crippen molar-refractivity contribution in [1.29, 1.82) is 0 Å². The lowest BCUT2D eigenvalue weighted by Crippen LogP contribution is -2.43. The SMILES string of the molecule is NCC(C1CCOC1)N1Cc2ccccc2C1. The molecule has 2 atom stereocenters. The minimum absolute atomic E-state index is 0.477. The fourth-order valence-electron chi connectivity index (χ4n) is 3.09. The zero-order valence-electron chi connectivity index (χ0n) is 10.1. The molecule has 2 aliphatic rings. The lowest BCUT2D eigenvalue weighted by Gasteiger charge is -2.30. The van der Waals surface area contributed by atoms with Crippen molar-refractivity contribution in [2.75, 3.05) is 19.8 Å². The second-order valence-corrected chi connectivity index (χ2v) is 5.10. The van der Waals surface area contributed by atoms with Gasteiger partial charge in [0.25, 0.3) is 0 Å². The Labute approximate surface area is 103 Å². The van der Waals surface area contributed by atoms with E-state index in [0.717, 1.165) is 39.3 Å². The average molecular weight is 232 g/mol. The van der Waals surface area contributed by atoms with Crippen molar-refractivity contribution in [3.05, 3.63) is 35.4 Å². The maximum absolute atomic E-state index is 5.97. The van der Waals surface area contributed by atoms with Gasteiger partial charge in [-0.3, -0.25) is 4.90 Å². The molecule has 2 aliphatic heterocycles. The van der Waals surface area contributed by atoms with E-state index in [9.17, 15) is 0 Å². The van der Waals surface area contributed by atoms with Gasteiger partial charge in [-0.15, -0.1) is 0 Å². The number of nitrogens with zero attached hydrogens (tertiary/aromatic N) is 1. The summed E-state index contributed by atoms with van der Waals surface area (Å²) < 4.78 is 5.49. The molecule has 0 amide bonds. The zero-order chi connectivity index (χ0) is 11.7. The average Bonchev–Trinajstić information content (AvgIpc) is 2.98. The second-order valence-electron chi connectivity index (χ2n) is 5.10. The summed E-state index contributed by atoms with van der Waals surface area (Å²) in [6, 6.07) is 9.18. The fourth-order valence-corrected chi connectivity index (χ4v) is 3.09. The van der Waals surface area contributed by atoms with E-state index >= 15 is 0 Å². The van der Waals surface area contributed by atoms with Crippen LogP contribution in [0.25, 0.3) is 0 Å². The molecule has 0 spiro atoms. The summed E-state index contributed by atoms with van der Waals surface area (Å²) in [5.74, 6) is 0.620. The highest BCUT2D eigenvalue weighted by atomic mass is 16.5. The Kier molecular flexibility index (Phi) is 3.14. The van der Waals surface area contributed by atoms with Crippen LogP contribution in [0.5, 0.6) is 0 Å². The molecule has 0 saturated carbocycles. The molecule has 2 unspecified atom stereocenters. The monoisotopic (exact) mass is 232 g/mol. The molecule has 1 aromatic carbocycles. The molecule has 0 bridgehead atoms. The second kappa shape index (κ2) is 4.77. The molecule has 3 heteroatoms. The molecular formula is C14H20N2O. The summed E-state index contributed by atoms with van der Waals surface area (Å²) in [6.45, 7) is 4.63. The molecule has 0 aromatic heterocycles. The molecule has 1 saturated heterocycles. The number of rotatable bonds is 3. The van der Waals surface area contributed by atoms with Crippen molar-refractivity contribution in [2.24, 2.45) is 11.7 Å². The van der Waals surface area contributed by atoms with E-state index in [-0.39, 0.29) is 0 Å². The molecule has 1 aromatic rings. The highest BCUT2D eigenvalue weighted by Gasteiger charge is 2.32. The van der Waals surface area contributed by atoms with Gasteiger partial charge in [0.05, 0.1) is 6.61 Å². The van der Waals surface area contributed by atoms with Crippen molar-refractivity contribution in [2.45, 2.75) is 25.6 Å². The summed E-state index contributed by atoms with van der Waals surface area (Å²) >= 11 is 0. The maximum atomic E-state index is 5.97. The van der Waals surface area contributed by atoms with Gasteiger partial charge < -0.3 is 10.5 Å². The molecule has 2 N–H and O–H groups in total. The van der Waals surface area contributed by atoms with Crippen LogP contribution in [0.15, 0.2) is 24.3 Å². The van der Waals surface area contributed by atoms with Crippen LogP contribution >= 0.6 is 0 Å². The van der Waals surface area contributed by atoms with E-state index in [0.29, 0.717) is 12.0 Å². The van der Waals surface area contributed by atoms with Gasteiger partial charge in [-0.1, -0.05) is 24.3 Å². The van der Waals surface area contributed by atoms with Crippen molar-refractivity contribution in [3.63, 3.8) is 0 Å². The highest BCUT2D eigenvalue weighted by Crippen LogP contribution is 2.29. The van der Waals surface area contributed by atoms with Crippen LogP contribution in [-0.2, 0) is 17.8 Å². The van der Waals surface area contributed by atoms with E-state index in [1.807, 2.05) is 0 Å². The Hall–Kier alpha value is -0.900. The van der Waals surface area contributed by atoms with E-state index in [1.54, 1.807) is 0 Å². The molecule has 17 heavy (non-hydrogen) atoms. The van der Waals surface area contributed by atoms with Crippen molar-refractivity contribution < 1.29 is 4.74 Å². The number of ether oxygens (including phenoxy) is 1. The lowest BCUT2D eigenvalue weighted by atomic mass is 9.98. The summed E-state index contributed by atoms with van der Waals surface area (Å²) in [5, 5.41) is 0. The topological polar surface area (TPSA) is 38.5 Å². The van der Waals surface area contributed by atoms with Gasteiger partial charge in [-0.25, -0.2) is 0 Å². The van der Waals surface area contributed by atoms with Crippen LogP contribution < -0.4 is 5.73 Å². The van der Waals surface area contributed by atoms with Gasteiger partial charge in [0.2, 0.25) is 0 Å². The van der Waals surface area contributed by atoms with Gasteiger partial charge in [0.1, 0.15) is 0 Å². The number of nitrogens with two attached hydrogens (primary N) is 1. The summed E-state index contributed by atoms with van der Waals surface area (Å²) in [4.78, 5) is 2.52. The van der Waals surface area contributed by atoms with Crippen LogP contribution in [0.3, 0.4) is 0 Å². The first-order valence-electron chi connectivity index (χ1n) is 6.47. The van der Waals surface area contributed by atoms with E-state index < -0.39 is 0 Å². The van der Waals surface area contributed by atoms with Crippen LogP contribution in [0.1, 0.15) is 17.5 Å². The molecule has 3 rings (SSSR count). The molecular weight excluding hydrogens is 212 g/mol. The third-order valence-corrected chi connectivity index (χ3v) is 4.08. The number of hydrogen-bond donors (Lipinski definition) is 1. The lowest BCUT2D eigenvalue weighted by molar-refractivity contribution is 0.121. The van der Waals surface area contributed by atoms with E-state index in [2.05, 4.69) is 29.2 Å². The van der Waals surface area contributed by atoms with Crippen LogP contribution in [0, 0.1) is 5.92 Å².